The Balaban J connectivity index is 2.07. The highest BCUT2D eigenvalue weighted by Gasteiger charge is 2.12. The Bertz CT molecular complexity index is 675. The number of pyridine rings is 1. The molecular weight excluding hydrogens is 325 g/mol. The molecule has 20 heavy (non-hydrogen) atoms. The highest BCUT2D eigenvalue weighted by molar-refractivity contribution is 7.99. The van der Waals surface area contributed by atoms with Gasteiger partial charge in [-0.2, -0.15) is 0 Å². The molecule has 0 aliphatic rings. The molecule has 0 saturated carbocycles. The van der Waals surface area contributed by atoms with Crippen molar-refractivity contribution in [1.29, 1.82) is 0 Å². The zero-order valence-corrected chi connectivity index (χ0v) is 12.3. The standard InChI is InChI=1S/C10H9Cl2N5O2S/c11-5-1-6(12)9-15-16-10(17(9)3-5)20-4-8(19)14-2-7(13)18/h1,3H,2,4H2,(H2,13,18)(H,14,19). The molecule has 0 saturated heterocycles. The summed E-state index contributed by atoms with van der Waals surface area (Å²) in [6, 6.07) is 1.56. The predicted octanol–water partition coefficient (Wildman–Crippen LogP) is 0.730. The van der Waals surface area contributed by atoms with Crippen LogP contribution in [0.3, 0.4) is 0 Å². The first-order valence-corrected chi connectivity index (χ1v) is 7.09. The predicted molar refractivity (Wildman–Crippen MR) is 75.9 cm³/mol. The van der Waals surface area contributed by atoms with Crippen LogP contribution in [0.25, 0.3) is 5.65 Å². The van der Waals surface area contributed by atoms with Crippen LogP contribution in [-0.4, -0.2) is 38.7 Å². The number of carbonyl (C=O) groups is 2. The number of primary amides is 1. The molecule has 2 aromatic rings. The average Bonchev–Trinajstić information content (AvgIpc) is 2.77. The van der Waals surface area contributed by atoms with E-state index >= 15 is 0 Å². The summed E-state index contributed by atoms with van der Waals surface area (Å²) in [7, 11) is 0. The van der Waals surface area contributed by atoms with Gasteiger partial charge in [-0.05, 0) is 6.07 Å². The van der Waals surface area contributed by atoms with Crippen molar-refractivity contribution in [2.24, 2.45) is 5.73 Å². The van der Waals surface area contributed by atoms with Crippen LogP contribution in [0.1, 0.15) is 0 Å². The maximum atomic E-state index is 11.5. The van der Waals surface area contributed by atoms with Crippen molar-refractivity contribution in [2.75, 3.05) is 12.3 Å². The van der Waals surface area contributed by atoms with Crippen molar-refractivity contribution in [1.82, 2.24) is 19.9 Å². The second-order valence-corrected chi connectivity index (χ2v) is 5.50. The summed E-state index contributed by atoms with van der Waals surface area (Å²) in [5.41, 5.74) is 5.38. The van der Waals surface area contributed by atoms with E-state index in [2.05, 4.69) is 15.5 Å². The molecule has 0 aliphatic carbocycles. The molecule has 0 bridgehead atoms. The summed E-state index contributed by atoms with van der Waals surface area (Å²) in [5.74, 6) is -0.869. The molecule has 2 rings (SSSR count). The number of aromatic nitrogens is 3. The zero-order chi connectivity index (χ0) is 14.7. The summed E-state index contributed by atoms with van der Waals surface area (Å²) in [4.78, 5) is 22.0. The van der Waals surface area contributed by atoms with Gasteiger partial charge in [-0.3, -0.25) is 14.0 Å². The number of hydrogen-bond acceptors (Lipinski definition) is 5. The normalized spacial score (nSPS) is 10.7. The van der Waals surface area contributed by atoms with Crippen LogP contribution >= 0.6 is 35.0 Å². The molecule has 0 unspecified atom stereocenters. The number of halogens is 2. The highest BCUT2D eigenvalue weighted by Crippen LogP contribution is 2.25. The van der Waals surface area contributed by atoms with E-state index in [-0.39, 0.29) is 18.2 Å². The quantitative estimate of drug-likeness (QED) is 0.785. The molecule has 0 spiro atoms. The molecule has 2 heterocycles. The third kappa shape index (κ3) is 3.53. The Morgan fingerprint density at radius 1 is 1.40 bits per heavy atom. The summed E-state index contributed by atoms with van der Waals surface area (Å²) < 4.78 is 1.59. The minimum atomic E-state index is -0.602. The molecule has 7 nitrogen and oxygen atoms in total. The fourth-order valence-corrected chi connectivity index (χ4v) is 2.62. The first kappa shape index (κ1) is 14.9. The van der Waals surface area contributed by atoms with Crippen LogP contribution in [0.15, 0.2) is 17.4 Å². The molecule has 0 atom stereocenters. The van der Waals surface area contributed by atoms with Crippen LogP contribution in [0, 0.1) is 0 Å². The van der Waals surface area contributed by atoms with Crippen molar-refractivity contribution in [3.63, 3.8) is 0 Å². The van der Waals surface area contributed by atoms with Gasteiger partial charge in [-0.15, -0.1) is 10.2 Å². The number of thioether (sulfide) groups is 1. The van der Waals surface area contributed by atoms with Gasteiger partial charge in [0.1, 0.15) is 0 Å². The Morgan fingerprint density at radius 3 is 2.85 bits per heavy atom. The number of nitrogens with two attached hydrogens (primary N) is 1. The van der Waals surface area contributed by atoms with Gasteiger partial charge >= 0.3 is 0 Å². The summed E-state index contributed by atoms with van der Waals surface area (Å²) in [6.07, 6.45) is 1.60. The van der Waals surface area contributed by atoms with Crippen LogP contribution in [0.5, 0.6) is 0 Å². The van der Waals surface area contributed by atoms with Gasteiger partial charge in [-0.25, -0.2) is 0 Å². The molecular formula is C10H9Cl2N5O2S. The third-order valence-electron chi connectivity index (χ3n) is 2.19. The Kier molecular flexibility index (Phi) is 4.69. The highest BCUT2D eigenvalue weighted by atomic mass is 35.5. The van der Waals surface area contributed by atoms with E-state index in [1.165, 1.54) is 0 Å². The number of hydrogen-bond donors (Lipinski definition) is 2. The fourth-order valence-electron chi connectivity index (χ4n) is 1.37. The lowest BCUT2D eigenvalue weighted by Gasteiger charge is -2.02. The Labute approximate surface area is 127 Å². The first-order chi connectivity index (χ1) is 9.47. The zero-order valence-electron chi connectivity index (χ0n) is 9.97. The SMILES string of the molecule is NC(=O)CNC(=O)CSc1nnc2c(Cl)cc(Cl)cn12. The Hall–Kier alpha value is -1.51. The van der Waals surface area contributed by atoms with E-state index in [4.69, 9.17) is 28.9 Å². The molecule has 0 aliphatic heterocycles. The van der Waals surface area contributed by atoms with Crippen molar-refractivity contribution in [2.45, 2.75) is 5.16 Å². The number of carbonyl (C=O) groups excluding carboxylic acids is 2. The van der Waals surface area contributed by atoms with Gasteiger partial charge in [0.2, 0.25) is 11.8 Å². The van der Waals surface area contributed by atoms with E-state index < -0.39 is 5.91 Å². The smallest absolute Gasteiger partial charge is 0.236 e. The van der Waals surface area contributed by atoms with Gasteiger partial charge in [-0.1, -0.05) is 35.0 Å². The van der Waals surface area contributed by atoms with Crippen LogP contribution in [0.4, 0.5) is 0 Å². The van der Waals surface area contributed by atoms with Crippen LogP contribution in [0.2, 0.25) is 10.0 Å². The van der Waals surface area contributed by atoms with Crippen molar-refractivity contribution >= 4 is 52.4 Å². The van der Waals surface area contributed by atoms with Gasteiger partial charge in [0.05, 0.1) is 22.3 Å². The molecule has 106 valence electrons. The minimum absolute atomic E-state index is 0.0677. The van der Waals surface area contributed by atoms with E-state index in [0.29, 0.717) is 20.8 Å². The summed E-state index contributed by atoms with van der Waals surface area (Å²) in [6.45, 7) is -0.197. The molecule has 10 heteroatoms. The van der Waals surface area contributed by atoms with Crippen LogP contribution in [-0.2, 0) is 9.59 Å². The molecule has 0 radical (unpaired) electrons. The fraction of sp³-hybridized carbons (Fsp3) is 0.200. The molecule has 0 aromatic carbocycles. The van der Waals surface area contributed by atoms with E-state index in [1.807, 2.05) is 0 Å². The van der Waals surface area contributed by atoms with Gasteiger partial charge < -0.3 is 11.1 Å². The van der Waals surface area contributed by atoms with Crippen molar-refractivity contribution in [3.05, 3.63) is 22.3 Å². The molecule has 2 aromatic heterocycles. The van der Waals surface area contributed by atoms with Gasteiger partial charge in [0, 0.05) is 6.20 Å². The van der Waals surface area contributed by atoms with E-state index in [1.54, 1.807) is 16.7 Å². The Morgan fingerprint density at radius 2 is 2.15 bits per heavy atom. The first-order valence-electron chi connectivity index (χ1n) is 5.35. The maximum Gasteiger partial charge on any atom is 0.236 e. The van der Waals surface area contributed by atoms with Crippen LogP contribution < -0.4 is 11.1 Å². The number of fused-ring (bicyclic) bond motifs is 1. The number of rotatable bonds is 5. The maximum absolute atomic E-state index is 11.5. The lowest BCUT2D eigenvalue weighted by molar-refractivity contribution is -0.123. The largest absolute Gasteiger partial charge is 0.368 e. The van der Waals surface area contributed by atoms with Crippen molar-refractivity contribution in [3.8, 4) is 0 Å². The van der Waals surface area contributed by atoms with E-state index in [9.17, 15) is 9.59 Å². The third-order valence-corrected chi connectivity index (χ3v) is 3.62. The lowest BCUT2D eigenvalue weighted by atomic mass is 10.5. The van der Waals surface area contributed by atoms with E-state index in [0.717, 1.165) is 11.8 Å². The van der Waals surface area contributed by atoms with Gasteiger partial charge in [0.25, 0.3) is 0 Å². The van der Waals surface area contributed by atoms with Crippen molar-refractivity contribution < 1.29 is 9.59 Å². The summed E-state index contributed by atoms with van der Waals surface area (Å²) in [5, 5.41) is 11.5. The second kappa shape index (κ2) is 6.29. The monoisotopic (exact) mass is 333 g/mol. The lowest BCUT2D eigenvalue weighted by Crippen LogP contribution is -2.34. The molecule has 2 amide bonds. The minimum Gasteiger partial charge on any atom is -0.368 e. The summed E-state index contributed by atoms with van der Waals surface area (Å²) >= 11 is 13.0. The van der Waals surface area contributed by atoms with Gasteiger partial charge in [0.15, 0.2) is 10.8 Å². The topological polar surface area (TPSA) is 102 Å². The second-order valence-electron chi connectivity index (χ2n) is 3.71. The number of nitrogens with one attached hydrogen (secondary N) is 1. The number of nitrogens with zero attached hydrogens (tertiary/aromatic N) is 3. The average molecular weight is 334 g/mol. The number of amides is 2. The molecule has 3 N–H and O–H groups in total. The molecule has 0 fully saturated rings.